The van der Waals surface area contributed by atoms with E-state index < -0.39 is 0 Å². The fraction of sp³-hybridized carbons (Fsp3) is 0.610. The zero-order valence-corrected chi connectivity index (χ0v) is 30.1. The van der Waals surface area contributed by atoms with Gasteiger partial charge in [-0.05, 0) is 164 Å². The van der Waals surface area contributed by atoms with Gasteiger partial charge in [-0.25, -0.2) is 0 Å². The van der Waals surface area contributed by atoms with Crippen LogP contribution in [-0.4, -0.2) is 115 Å². The molecule has 9 nitrogen and oxygen atoms in total. The molecular formula is C41H58N6O3. The molecule has 5 aliphatic rings. The fourth-order valence-electron chi connectivity index (χ4n) is 8.43. The zero-order chi connectivity index (χ0) is 34.1. The van der Waals surface area contributed by atoms with Crippen molar-refractivity contribution in [2.45, 2.75) is 70.6 Å². The third kappa shape index (κ3) is 9.28. The summed E-state index contributed by atoms with van der Waals surface area (Å²) < 4.78 is 6.03. The van der Waals surface area contributed by atoms with Crippen molar-refractivity contribution in [1.82, 2.24) is 24.5 Å². The predicted molar refractivity (Wildman–Crippen MR) is 200 cm³/mol. The van der Waals surface area contributed by atoms with Crippen molar-refractivity contribution in [1.29, 1.82) is 0 Å². The summed E-state index contributed by atoms with van der Waals surface area (Å²) in [4.78, 5) is 39.2. The van der Waals surface area contributed by atoms with Gasteiger partial charge in [-0.15, -0.1) is 0 Å². The van der Waals surface area contributed by atoms with Gasteiger partial charge in [0.25, 0.3) is 11.8 Å². The number of nitrogens with one attached hydrogen (secondary N) is 1. The highest BCUT2D eigenvalue weighted by Crippen LogP contribution is 2.30. The number of hydrogen-bond donors (Lipinski definition) is 1. The zero-order valence-electron chi connectivity index (χ0n) is 30.1. The van der Waals surface area contributed by atoms with E-state index in [1.54, 1.807) is 0 Å². The minimum atomic E-state index is -0.0369. The number of piperidine rings is 1. The van der Waals surface area contributed by atoms with Crippen LogP contribution in [0.2, 0.25) is 0 Å². The number of likely N-dealkylation sites (tertiary alicyclic amines) is 4. The van der Waals surface area contributed by atoms with E-state index in [-0.39, 0.29) is 11.8 Å². The molecule has 0 radical (unpaired) electrons. The Bertz CT molecular complexity index is 1440. The Morgan fingerprint density at radius 1 is 0.680 bits per heavy atom. The number of anilines is 2. The van der Waals surface area contributed by atoms with E-state index in [4.69, 9.17) is 4.74 Å². The van der Waals surface area contributed by atoms with Crippen molar-refractivity contribution in [3.8, 4) is 5.75 Å². The molecule has 5 heterocycles. The molecule has 7 rings (SSSR count). The normalized spacial score (nSPS) is 22.4. The molecular weight excluding hydrogens is 624 g/mol. The Hall–Kier alpha value is -3.40. The molecule has 2 aromatic rings. The smallest absolute Gasteiger partial charge is 0.259 e. The number of rotatable bonds is 13. The second-order valence-electron chi connectivity index (χ2n) is 15.3. The van der Waals surface area contributed by atoms with Gasteiger partial charge in [0.1, 0.15) is 12.5 Å². The van der Waals surface area contributed by atoms with E-state index in [2.05, 4.69) is 26.1 Å². The van der Waals surface area contributed by atoms with Crippen LogP contribution in [-0.2, 0) is 0 Å². The van der Waals surface area contributed by atoms with E-state index >= 15 is 0 Å². The summed E-state index contributed by atoms with van der Waals surface area (Å²) in [5.41, 5.74) is 2.72. The summed E-state index contributed by atoms with van der Waals surface area (Å²) >= 11 is 0. The standard InChI is InChI=1S/C41H58N6O3/c48-40(46-27-15-33(16-28-46)13-25-43-19-1-2-20-43)35-7-12-38(41(49)47-29-17-34(18-30-47)14-26-44-21-3-4-22-44)39(31-35)42-36-8-10-37(11-9-36)50-32-45-23-5-6-24-45/h7-12,17,29,31,33-34,42H,1-6,13-16,18-28,30,32H2/t34-/m0/s1. The lowest BCUT2D eigenvalue weighted by molar-refractivity contribution is 0.0681. The lowest BCUT2D eigenvalue weighted by atomic mass is 9.93. The third-order valence-corrected chi connectivity index (χ3v) is 11.8. The monoisotopic (exact) mass is 682 g/mol. The van der Waals surface area contributed by atoms with Gasteiger partial charge in [-0.2, -0.15) is 0 Å². The van der Waals surface area contributed by atoms with E-state index in [1.165, 1.54) is 77.7 Å². The van der Waals surface area contributed by atoms with Gasteiger partial charge in [0.2, 0.25) is 0 Å². The Kier molecular flexibility index (Phi) is 12.1. The van der Waals surface area contributed by atoms with Gasteiger partial charge in [-0.3, -0.25) is 14.5 Å². The van der Waals surface area contributed by atoms with Crippen LogP contribution in [0.25, 0.3) is 0 Å². The van der Waals surface area contributed by atoms with Gasteiger partial charge < -0.3 is 29.7 Å². The lowest BCUT2D eigenvalue weighted by Gasteiger charge is -2.33. The number of allylic oxidation sites excluding steroid dienone is 1. The average Bonchev–Trinajstić information content (AvgIpc) is 3.98. The number of nitrogens with zero attached hydrogens (tertiary/aromatic N) is 5. The highest BCUT2D eigenvalue weighted by Gasteiger charge is 2.27. The van der Waals surface area contributed by atoms with E-state index in [1.807, 2.05) is 58.5 Å². The Morgan fingerprint density at radius 2 is 1.32 bits per heavy atom. The summed E-state index contributed by atoms with van der Waals surface area (Å²) in [7, 11) is 0. The molecule has 9 heteroatoms. The van der Waals surface area contributed by atoms with Crippen LogP contribution in [0.5, 0.6) is 5.75 Å². The van der Waals surface area contributed by atoms with Crippen LogP contribution in [0.15, 0.2) is 54.7 Å². The van der Waals surface area contributed by atoms with Gasteiger partial charge in [-0.1, -0.05) is 6.08 Å². The predicted octanol–water partition coefficient (Wildman–Crippen LogP) is 6.66. The maximum absolute atomic E-state index is 14.0. The van der Waals surface area contributed by atoms with Crippen molar-refractivity contribution in [3.63, 3.8) is 0 Å². The molecule has 1 atom stereocenters. The second kappa shape index (κ2) is 17.2. The molecule has 270 valence electrons. The molecule has 2 amide bonds. The first-order valence-electron chi connectivity index (χ1n) is 19.7. The molecule has 4 saturated heterocycles. The number of carbonyl (C=O) groups is 2. The second-order valence-corrected chi connectivity index (χ2v) is 15.3. The topological polar surface area (TPSA) is 71.6 Å². The van der Waals surface area contributed by atoms with Crippen molar-refractivity contribution >= 4 is 23.2 Å². The maximum Gasteiger partial charge on any atom is 0.259 e. The molecule has 4 fully saturated rings. The SMILES string of the molecule is O=C(c1ccc(C(=O)N2CCC(CCN3CCCC3)CC2)cc1Nc1ccc(OCN2CCCC2)cc1)N1C=C[C@H](CCN2CCCC2)CC1. The van der Waals surface area contributed by atoms with E-state index in [9.17, 15) is 9.59 Å². The quantitative estimate of drug-likeness (QED) is 0.253. The maximum atomic E-state index is 14.0. The van der Waals surface area contributed by atoms with Crippen LogP contribution < -0.4 is 10.1 Å². The number of amides is 2. The average molecular weight is 683 g/mol. The molecule has 2 aromatic carbocycles. The van der Waals surface area contributed by atoms with Gasteiger partial charge in [0.15, 0.2) is 0 Å². The van der Waals surface area contributed by atoms with Crippen molar-refractivity contribution in [3.05, 3.63) is 65.9 Å². The van der Waals surface area contributed by atoms with Gasteiger partial charge >= 0.3 is 0 Å². The van der Waals surface area contributed by atoms with Crippen LogP contribution >= 0.6 is 0 Å². The minimum absolute atomic E-state index is 0.0369. The summed E-state index contributed by atoms with van der Waals surface area (Å²) in [6.45, 7) is 12.4. The molecule has 5 aliphatic heterocycles. The summed E-state index contributed by atoms with van der Waals surface area (Å²) in [5, 5.41) is 3.51. The van der Waals surface area contributed by atoms with Crippen LogP contribution in [0.1, 0.15) is 91.3 Å². The molecule has 0 aromatic heterocycles. The van der Waals surface area contributed by atoms with Crippen LogP contribution in [0.3, 0.4) is 0 Å². The fourth-order valence-corrected chi connectivity index (χ4v) is 8.43. The molecule has 1 N–H and O–H groups in total. The highest BCUT2D eigenvalue weighted by atomic mass is 16.5. The summed E-state index contributed by atoms with van der Waals surface area (Å²) in [6.07, 6.45) is 17.5. The Labute approximate surface area is 299 Å². The number of ether oxygens (including phenoxy) is 1. The summed E-state index contributed by atoms with van der Waals surface area (Å²) in [5.74, 6) is 2.04. The third-order valence-electron chi connectivity index (χ3n) is 11.8. The number of benzene rings is 2. The lowest BCUT2D eigenvalue weighted by Crippen LogP contribution is -2.39. The van der Waals surface area contributed by atoms with Crippen LogP contribution in [0, 0.1) is 11.8 Å². The van der Waals surface area contributed by atoms with E-state index in [0.717, 1.165) is 69.8 Å². The van der Waals surface area contributed by atoms with Crippen molar-refractivity contribution in [2.75, 3.05) is 84.0 Å². The van der Waals surface area contributed by atoms with E-state index in [0.29, 0.717) is 41.9 Å². The van der Waals surface area contributed by atoms with Gasteiger partial charge in [0, 0.05) is 50.2 Å². The summed E-state index contributed by atoms with van der Waals surface area (Å²) in [6, 6.07) is 13.5. The first-order chi connectivity index (χ1) is 24.6. The van der Waals surface area contributed by atoms with Gasteiger partial charge in [0.05, 0.1) is 11.3 Å². The Balaban J connectivity index is 1.01. The molecule has 0 saturated carbocycles. The first-order valence-corrected chi connectivity index (χ1v) is 19.7. The minimum Gasteiger partial charge on any atom is -0.478 e. The van der Waals surface area contributed by atoms with Crippen molar-refractivity contribution < 1.29 is 14.3 Å². The molecule has 0 unspecified atom stereocenters. The largest absolute Gasteiger partial charge is 0.478 e. The molecule has 50 heavy (non-hydrogen) atoms. The molecule has 0 spiro atoms. The van der Waals surface area contributed by atoms with Crippen LogP contribution in [0.4, 0.5) is 11.4 Å². The highest BCUT2D eigenvalue weighted by molar-refractivity contribution is 6.03. The molecule has 0 bridgehead atoms. The molecule has 0 aliphatic carbocycles. The number of carbonyl (C=O) groups excluding carboxylic acids is 2. The number of hydrogen-bond acceptors (Lipinski definition) is 7. The first kappa shape index (κ1) is 35.0. The van der Waals surface area contributed by atoms with Crippen molar-refractivity contribution in [2.24, 2.45) is 11.8 Å². The Morgan fingerprint density at radius 3 is 1.96 bits per heavy atom.